The number of piperazine rings is 1. The number of urea groups is 1. The fourth-order valence-corrected chi connectivity index (χ4v) is 5.64. The lowest BCUT2D eigenvalue weighted by Gasteiger charge is -2.55. The van der Waals surface area contributed by atoms with Crippen molar-refractivity contribution in [1.29, 1.82) is 0 Å². The fourth-order valence-electron chi connectivity index (χ4n) is 5.64. The van der Waals surface area contributed by atoms with E-state index in [0.29, 0.717) is 38.2 Å². The molecule has 1 spiro atoms. The van der Waals surface area contributed by atoms with Gasteiger partial charge in [0.15, 0.2) is 5.41 Å². The molecule has 35 heavy (non-hydrogen) atoms. The molecule has 5 rings (SSSR count). The minimum Gasteiger partial charge on any atom is -0.364 e. The fraction of sp³-hybridized carbons (Fsp3) is 0.400. The Morgan fingerprint density at radius 1 is 1.11 bits per heavy atom. The number of fused-ring (bicyclic) bond motifs is 4. The van der Waals surface area contributed by atoms with Crippen molar-refractivity contribution in [3.8, 4) is 0 Å². The first kappa shape index (κ1) is 23.0. The van der Waals surface area contributed by atoms with Crippen molar-refractivity contribution >= 4 is 29.2 Å². The van der Waals surface area contributed by atoms with Gasteiger partial charge >= 0.3 is 6.03 Å². The third kappa shape index (κ3) is 3.74. The van der Waals surface area contributed by atoms with Crippen molar-refractivity contribution in [2.75, 3.05) is 31.1 Å². The summed E-state index contributed by atoms with van der Waals surface area (Å²) < 4.78 is 0. The van der Waals surface area contributed by atoms with Crippen LogP contribution in [0.15, 0.2) is 48.5 Å². The Balaban J connectivity index is 1.59. The van der Waals surface area contributed by atoms with Crippen LogP contribution >= 0.6 is 0 Å². The molecule has 3 aliphatic rings. The number of nitrogens with zero attached hydrogens (tertiary/aromatic N) is 4. The quantitative estimate of drug-likeness (QED) is 0.399. The van der Waals surface area contributed by atoms with Crippen molar-refractivity contribution in [1.82, 2.24) is 15.1 Å². The lowest BCUT2D eigenvalue weighted by atomic mass is 9.67. The molecular formula is C25H27N5O5. The maximum Gasteiger partial charge on any atom is 0.330 e. The highest BCUT2D eigenvalue weighted by molar-refractivity contribution is 6.20. The number of carbonyl (C=O) groups excluding carboxylic acids is 3. The van der Waals surface area contributed by atoms with E-state index < -0.39 is 34.2 Å². The number of imide groups is 2. The molecule has 3 heterocycles. The van der Waals surface area contributed by atoms with Gasteiger partial charge in [0.2, 0.25) is 11.8 Å². The number of barbiturate groups is 1. The second-order valence-corrected chi connectivity index (χ2v) is 9.36. The van der Waals surface area contributed by atoms with Crippen molar-refractivity contribution in [2.45, 2.75) is 32.4 Å². The van der Waals surface area contributed by atoms with Gasteiger partial charge in [-0.2, -0.15) is 0 Å². The minimum atomic E-state index is -1.55. The van der Waals surface area contributed by atoms with Crippen LogP contribution in [0.25, 0.3) is 0 Å². The van der Waals surface area contributed by atoms with E-state index in [1.165, 1.54) is 12.1 Å². The number of nitrogens with one attached hydrogen (secondary N) is 1. The van der Waals surface area contributed by atoms with E-state index in [2.05, 4.69) is 10.2 Å². The van der Waals surface area contributed by atoms with Crippen LogP contribution in [0.2, 0.25) is 0 Å². The maximum absolute atomic E-state index is 13.9. The largest absolute Gasteiger partial charge is 0.364 e. The van der Waals surface area contributed by atoms with Crippen molar-refractivity contribution in [3.05, 3.63) is 69.8 Å². The molecule has 0 unspecified atom stereocenters. The predicted octanol–water partition coefficient (Wildman–Crippen LogP) is 2.32. The van der Waals surface area contributed by atoms with Crippen molar-refractivity contribution in [3.63, 3.8) is 0 Å². The van der Waals surface area contributed by atoms with Crippen LogP contribution in [0.5, 0.6) is 0 Å². The third-order valence-electron chi connectivity index (χ3n) is 7.28. The van der Waals surface area contributed by atoms with Gasteiger partial charge in [0.25, 0.3) is 5.69 Å². The van der Waals surface area contributed by atoms with E-state index in [0.717, 1.165) is 16.2 Å². The molecule has 0 bridgehead atoms. The Kier molecular flexibility index (Phi) is 5.76. The van der Waals surface area contributed by atoms with Gasteiger partial charge in [-0.25, -0.2) is 4.79 Å². The van der Waals surface area contributed by atoms with E-state index in [1.54, 1.807) is 6.07 Å². The average molecular weight is 478 g/mol. The molecule has 1 N–H and O–H groups in total. The zero-order valence-corrected chi connectivity index (χ0v) is 19.5. The Morgan fingerprint density at radius 3 is 2.60 bits per heavy atom. The molecule has 2 atom stereocenters. The summed E-state index contributed by atoms with van der Waals surface area (Å²) in [4.78, 5) is 56.3. The molecule has 0 radical (unpaired) electrons. The Labute approximate surface area is 202 Å². The molecular weight excluding hydrogens is 450 g/mol. The van der Waals surface area contributed by atoms with Crippen LogP contribution in [-0.2, 0) is 22.6 Å². The lowest BCUT2D eigenvalue weighted by Crippen LogP contribution is -2.75. The summed E-state index contributed by atoms with van der Waals surface area (Å²) >= 11 is 0. The number of hydrogen-bond donors (Lipinski definition) is 1. The van der Waals surface area contributed by atoms with Crippen LogP contribution in [-0.4, -0.2) is 64.8 Å². The zero-order chi connectivity index (χ0) is 24.7. The number of rotatable bonds is 5. The number of hydrogen-bond acceptors (Lipinski definition) is 7. The molecule has 0 aromatic heterocycles. The summed E-state index contributed by atoms with van der Waals surface area (Å²) in [5.74, 6) is -1.16. The van der Waals surface area contributed by atoms with E-state index in [9.17, 15) is 24.5 Å². The smallest absolute Gasteiger partial charge is 0.330 e. The van der Waals surface area contributed by atoms with Crippen LogP contribution in [0.4, 0.5) is 16.2 Å². The molecule has 10 heteroatoms. The molecule has 0 aliphatic carbocycles. The summed E-state index contributed by atoms with van der Waals surface area (Å²) in [5.41, 5.74) is 0.848. The van der Waals surface area contributed by atoms with Crippen LogP contribution in [0.3, 0.4) is 0 Å². The SMILES string of the molecule is CCCN1C(=O)NC(=O)[C@]2(Cc3cc([N+](=O)[O-])ccc3N3CCN(Cc4ccccc4)C[C@H]32)C1=O. The van der Waals surface area contributed by atoms with Crippen molar-refractivity contribution < 1.29 is 19.3 Å². The summed E-state index contributed by atoms with van der Waals surface area (Å²) in [5, 5.41) is 13.9. The first-order valence-corrected chi connectivity index (χ1v) is 11.8. The Morgan fingerprint density at radius 2 is 1.89 bits per heavy atom. The van der Waals surface area contributed by atoms with E-state index >= 15 is 0 Å². The summed E-state index contributed by atoms with van der Waals surface area (Å²) in [6.07, 6.45) is 0.558. The molecule has 3 aliphatic heterocycles. The number of nitro groups is 1. The maximum atomic E-state index is 13.9. The standard InChI is InChI=1S/C25H27N5O5/c1-2-10-29-23(32)25(22(31)26-24(29)33)14-18-13-19(30(34)35)8-9-20(18)28-12-11-27(16-21(25)28)15-17-6-4-3-5-7-17/h3-9,13,21H,2,10-12,14-16H2,1H3,(H,26,31,33)/t21-,25+/m0/s1. The van der Waals surface area contributed by atoms with Gasteiger partial charge in [-0.15, -0.1) is 0 Å². The molecule has 2 saturated heterocycles. The van der Waals surface area contributed by atoms with E-state index in [1.807, 2.05) is 42.2 Å². The van der Waals surface area contributed by atoms with Gasteiger partial charge < -0.3 is 4.90 Å². The molecule has 10 nitrogen and oxygen atoms in total. The molecule has 4 amide bonds. The summed E-state index contributed by atoms with van der Waals surface area (Å²) in [6.45, 7) is 4.41. The second-order valence-electron chi connectivity index (χ2n) is 9.36. The number of nitro benzene ring substituents is 1. The number of anilines is 1. The average Bonchev–Trinajstić information content (AvgIpc) is 2.85. The highest BCUT2D eigenvalue weighted by atomic mass is 16.6. The normalized spacial score (nSPS) is 24.3. The molecule has 2 aromatic rings. The third-order valence-corrected chi connectivity index (χ3v) is 7.28. The van der Waals surface area contributed by atoms with Gasteiger partial charge in [0.1, 0.15) is 0 Å². The number of non-ortho nitro benzene ring substituents is 1. The van der Waals surface area contributed by atoms with Gasteiger partial charge in [-0.3, -0.25) is 34.8 Å². The van der Waals surface area contributed by atoms with Gasteiger partial charge in [-0.1, -0.05) is 37.3 Å². The van der Waals surface area contributed by atoms with Gasteiger partial charge in [0, 0.05) is 57.0 Å². The molecule has 2 aromatic carbocycles. The molecule has 182 valence electrons. The molecule has 0 saturated carbocycles. The minimum absolute atomic E-state index is 0.00250. The Hall–Kier alpha value is -3.79. The molecule has 2 fully saturated rings. The predicted molar refractivity (Wildman–Crippen MR) is 128 cm³/mol. The van der Waals surface area contributed by atoms with Crippen LogP contribution < -0.4 is 10.2 Å². The topological polar surface area (TPSA) is 116 Å². The monoisotopic (exact) mass is 477 g/mol. The van der Waals surface area contributed by atoms with Crippen LogP contribution in [0.1, 0.15) is 24.5 Å². The highest BCUT2D eigenvalue weighted by Gasteiger charge is 2.62. The second kappa shape index (κ2) is 8.77. The van der Waals surface area contributed by atoms with Crippen molar-refractivity contribution in [2.24, 2.45) is 5.41 Å². The highest BCUT2D eigenvalue weighted by Crippen LogP contribution is 2.46. The Bertz CT molecular complexity index is 1200. The number of carbonyl (C=O) groups is 3. The van der Waals surface area contributed by atoms with Crippen LogP contribution in [0, 0.1) is 15.5 Å². The van der Waals surface area contributed by atoms with Gasteiger partial charge in [-0.05, 0) is 23.6 Å². The van der Waals surface area contributed by atoms with Gasteiger partial charge in [0.05, 0.1) is 11.0 Å². The number of benzene rings is 2. The van der Waals surface area contributed by atoms with E-state index in [-0.39, 0.29) is 18.7 Å². The summed E-state index contributed by atoms with van der Waals surface area (Å²) in [7, 11) is 0. The number of amides is 4. The summed E-state index contributed by atoms with van der Waals surface area (Å²) in [6, 6.07) is 13.4. The lowest BCUT2D eigenvalue weighted by molar-refractivity contribution is -0.384. The zero-order valence-electron chi connectivity index (χ0n) is 19.5. The first-order valence-electron chi connectivity index (χ1n) is 11.8. The first-order chi connectivity index (χ1) is 16.8. The van der Waals surface area contributed by atoms with E-state index in [4.69, 9.17) is 0 Å².